The van der Waals surface area contributed by atoms with Crippen molar-refractivity contribution in [1.82, 2.24) is 9.80 Å². The third kappa shape index (κ3) is 1.80. The Bertz CT molecular complexity index is 276. The van der Waals surface area contributed by atoms with Crippen molar-refractivity contribution in [3.05, 3.63) is 0 Å². The van der Waals surface area contributed by atoms with E-state index in [2.05, 4.69) is 16.8 Å². The number of hydrogen-bond donors (Lipinski definition) is 0. The van der Waals surface area contributed by atoms with E-state index in [0.717, 1.165) is 18.9 Å². The molecule has 0 aromatic heterocycles. The number of carbonyl (C=O) groups is 1. The van der Waals surface area contributed by atoms with Crippen molar-refractivity contribution in [2.45, 2.75) is 56.7 Å². The standard InChI is InChI=1S/C13H22N2O/c1-14-6-5-12(9-14)15-10-3-2-4-11(15)8-13(16)7-10/h10-12H,2-9H2,1H3. The summed E-state index contributed by atoms with van der Waals surface area (Å²) in [5, 5.41) is 0. The van der Waals surface area contributed by atoms with E-state index in [9.17, 15) is 4.79 Å². The molecule has 0 aliphatic carbocycles. The average Bonchev–Trinajstić information content (AvgIpc) is 2.63. The number of likely N-dealkylation sites (N-methyl/N-ethyl adjacent to an activating group) is 1. The van der Waals surface area contributed by atoms with Gasteiger partial charge in [0.15, 0.2) is 0 Å². The maximum absolute atomic E-state index is 11.7. The first kappa shape index (κ1) is 10.7. The van der Waals surface area contributed by atoms with Crippen molar-refractivity contribution in [3.8, 4) is 0 Å². The van der Waals surface area contributed by atoms with Gasteiger partial charge in [0.05, 0.1) is 0 Å². The summed E-state index contributed by atoms with van der Waals surface area (Å²) in [5.74, 6) is 0.511. The van der Waals surface area contributed by atoms with Crippen molar-refractivity contribution in [2.24, 2.45) is 0 Å². The van der Waals surface area contributed by atoms with Crippen LogP contribution in [0.3, 0.4) is 0 Å². The zero-order valence-corrected chi connectivity index (χ0v) is 10.2. The first-order valence-electron chi connectivity index (χ1n) is 6.71. The topological polar surface area (TPSA) is 23.6 Å². The molecule has 0 aromatic carbocycles. The minimum atomic E-state index is 0.511. The number of hydrogen-bond acceptors (Lipinski definition) is 3. The van der Waals surface area contributed by atoms with Crippen molar-refractivity contribution < 1.29 is 4.79 Å². The third-order valence-corrected chi connectivity index (χ3v) is 4.63. The van der Waals surface area contributed by atoms with Gasteiger partial charge in [-0.2, -0.15) is 0 Å². The molecule has 2 bridgehead atoms. The Labute approximate surface area is 97.8 Å². The van der Waals surface area contributed by atoms with Crippen LogP contribution in [0.2, 0.25) is 0 Å². The van der Waals surface area contributed by atoms with Gasteiger partial charge < -0.3 is 4.90 Å². The minimum absolute atomic E-state index is 0.511. The monoisotopic (exact) mass is 222 g/mol. The molecule has 3 aliphatic heterocycles. The SMILES string of the molecule is CN1CCC(N2C3CCCC2CC(=O)C3)C1. The number of nitrogens with zero attached hydrogens (tertiary/aromatic N) is 2. The minimum Gasteiger partial charge on any atom is -0.305 e. The molecule has 90 valence electrons. The molecule has 3 nitrogen and oxygen atoms in total. The second-order valence-corrected chi connectivity index (χ2v) is 5.84. The molecular weight excluding hydrogens is 200 g/mol. The van der Waals surface area contributed by atoms with Crippen LogP contribution in [0.4, 0.5) is 0 Å². The molecule has 16 heavy (non-hydrogen) atoms. The second-order valence-electron chi connectivity index (χ2n) is 5.84. The normalized spacial score (nSPS) is 41.6. The molecule has 3 aliphatic rings. The Morgan fingerprint density at radius 2 is 1.75 bits per heavy atom. The quantitative estimate of drug-likeness (QED) is 0.667. The Kier molecular flexibility index (Phi) is 2.76. The smallest absolute Gasteiger partial charge is 0.136 e. The van der Waals surface area contributed by atoms with Gasteiger partial charge >= 0.3 is 0 Å². The number of Topliss-reactive ketones (excluding diaryl/α,β-unsaturated/α-hetero) is 1. The van der Waals surface area contributed by atoms with Crippen LogP contribution >= 0.6 is 0 Å². The van der Waals surface area contributed by atoms with Crippen LogP contribution in [-0.2, 0) is 4.79 Å². The molecule has 3 heterocycles. The highest BCUT2D eigenvalue weighted by atomic mass is 16.1. The van der Waals surface area contributed by atoms with Crippen molar-refractivity contribution >= 4 is 5.78 Å². The largest absolute Gasteiger partial charge is 0.305 e. The van der Waals surface area contributed by atoms with Crippen LogP contribution in [0.5, 0.6) is 0 Å². The fourth-order valence-electron chi connectivity index (χ4n) is 3.96. The van der Waals surface area contributed by atoms with Gasteiger partial charge in [-0.25, -0.2) is 0 Å². The van der Waals surface area contributed by atoms with E-state index in [0.29, 0.717) is 17.9 Å². The number of fused-ring (bicyclic) bond motifs is 2. The van der Waals surface area contributed by atoms with E-state index >= 15 is 0 Å². The lowest BCUT2D eigenvalue weighted by Crippen LogP contribution is -2.57. The lowest BCUT2D eigenvalue weighted by atomic mass is 9.82. The molecule has 0 amide bonds. The molecule has 3 atom stereocenters. The van der Waals surface area contributed by atoms with Crippen LogP contribution < -0.4 is 0 Å². The first-order valence-corrected chi connectivity index (χ1v) is 6.71. The van der Waals surface area contributed by atoms with Gasteiger partial charge in [-0.3, -0.25) is 9.69 Å². The third-order valence-electron chi connectivity index (χ3n) is 4.63. The molecule has 3 rings (SSSR count). The number of carbonyl (C=O) groups excluding carboxylic acids is 1. The predicted molar refractivity (Wildman–Crippen MR) is 63.4 cm³/mol. The van der Waals surface area contributed by atoms with Gasteiger partial charge in [0.1, 0.15) is 5.78 Å². The zero-order valence-electron chi connectivity index (χ0n) is 10.2. The van der Waals surface area contributed by atoms with Gasteiger partial charge in [0.2, 0.25) is 0 Å². The molecule has 0 aromatic rings. The number of rotatable bonds is 1. The Morgan fingerprint density at radius 1 is 1.06 bits per heavy atom. The lowest BCUT2D eigenvalue weighted by Gasteiger charge is -2.48. The second kappa shape index (κ2) is 4.11. The van der Waals surface area contributed by atoms with E-state index in [1.165, 1.54) is 38.8 Å². The van der Waals surface area contributed by atoms with Crippen LogP contribution in [-0.4, -0.2) is 53.8 Å². The lowest BCUT2D eigenvalue weighted by molar-refractivity contribution is -0.128. The maximum atomic E-state index is 11.7. The highest BCUT2D eigenvalue weighted by molar-refractivity contribution is 5.80. The summed E-state index contributed by atoms with van der Waals surface area (Å²) in [6.07, 6.45) is 6.80. The molecule has 3 saturated heterocycles. The van der Waals surface area contributed by atoms with Gasteiger partial charge in [-0.05, 0) is 32.9 Å². The van der Waals surface area contributed by atoms with Gasteiger partial charge in [-0.15, -0.1) is 0 Å². The Hall–Kier alpha value is -0.410. The zero-order chi connectivity index (χ0) is 11.1. The summed E-state index contributed by atoms with van der Waals surface area (Å²) < 4.78 is 0. The molecule has 0 saturated carbocycles. The molecule has 3 fully saturated rings. The van der Waals surface area contributed by atoms with E-state index in [1.54, 1.807) is 0 Å². The average molecular weight is 222 g/mol. The first-order chi connectivity index (χ1) is 7.74. The van der Waals surface area contributed by atoms with E-state index < -0.39 is 0 Å². The molecular formula is C13H22N2O. The Morgan fingerprint density at radius 3 is 2.31 bits per heavy atom. The van der Waals surface area contributed by atoms with E-state index in [-0.39, 0.29) is 0 Å². The number of likely N-dealkylation sites (tertiary alicyclic amines) is 1. The molecule has 3 unspecified atom stereocenters. The number of piperidine rings is 2. The summed E-state index contributed by atoms with van der Waals surface area (Å²) in [6, 6.07) is 1.89. The molecule has 3 heteroatoms. The Balaban J connectivity index is 1.76. The van der Waals surface area contributed by atoms with Crippen LogP contribution in [0.15, 0.2) is 0 Å². The highest BCUT2D eigenvalue weighted by Crippen LogP contribution is 2.35. The summed E-state index contributed by atoms with van der Waals surface area (Å²) in [5.41, 5.74) is 0. The summed E-state index contributed by atoms with van der Waals surface area (Å²) in [6.45, 7) is 2.44. The van der Waals surface area contributed by atoms with Gasteiger partial charge in [-0.1, -0.05) is 6.42 Å². The van der Waals surface area contributed by atoms with E-state index in [1.807, 2.05) is 0 Å². The predicted octanol–water partition coefficient (Wildman–Crippen LogP) is 1.28. The van der Waals surface area contributed by atoms with Crippen LogP contribution in [0.1, 0.15) is 38.5 Å². The fourth-order valence-corrected chi connectivity index (χ4v) is 3.96. The highest BCUT2D eigenvalue weighted by Gasteiger charge is 2.42. The van der Waals surface area contributed by atoms with Crippen molar-refractivity contribution in [1.29, 1.82) is 0 Å². The maximum Gasteiger partial charge on any atom is 0.136 e. The molecule has 0 radical (unpaired) electrons. The van der Waals surface area contributed by atoms with Crippen LogP contribution in [0.25, 0.3) is 0 Å². The summed E-state index contributed by atoms with van der Waals surface area (Å²) in [7, 11) is 2.21. The molecule has 0 N–H and O–H groups in total. The van der Waals surface area contributed by atoms with Crippen LogP contribution in [0, 0.1) is 0 Å². The van der Waals surface area contributed by atoms with Gasteiger partial charge in [0.25, 0.3) is 0 Å². The summed E-state index contributed by atoms with van der Waals surface area (Å²) >= 11 is 0. The fraction of sp³-hybridized carbons (Fsp3) is 0.923. The summed E-state index contributed by atoms with van der Waals surface area (Å²) in [4.78, 5) is 16.8. The van der Waals surface area contributed by atoms with E-state index in [4.69, 9.17) is 0 Å². The molecule has 0 spiro atoms. The van der Waals surface area contributed by atoms with Crippen molar-refractivity contribution in [2.75, 3.05) is 20.1 Å². The van der Waals surface area contributed by atoms with Crippen molar-refractivity contribution in [3.63, 3.8) is 0 Å². The van der Waals surface area contributed by atoms with Gasteiger partial charge in [0, 0.05) is 37.5 Å². The number of ketones is 1.